The van der Waals surface area contributed by atoms with Crippen LogP contribution in [0.25, 0.3) is 0 Å². The van der Waals surface area contributed by atoms with E-state index in [1.807, 2.05) is 12.1 Å². The molecular weight excluding hydrogens is 302 g/mol. The predicted octanol–water partition coefficient (Wildman–Crippen LogP) is 1.52. The number of fused-ring (bicyclic) bond motifs is 1. The quantitative estimate of drug-likeness (QED) is 0.861. The van der Waals surface area contributed by atoms with Crippen molar-refractivity contribution in [1.29, 1.82) is 0 Å². The number of hydrogen-bond acceptors (Lipinski definition) is 4. The molecule has 2 aliphatic carbocycles. The molecule has 0 saturated heterocycles. The number of nitrogens with one attached hydrogen (secondary N) is 1. The highest BCUT2D eigenvalue weighted by atomic mass is 32.2. The predicted molar refractivity (Wildman–Crippen MR) is 82.2 cm³/mol. The first-order valence-corrected chi connectivity index (χ1v) is 9.52. The molecule has 3 aliphatic rings. The maximum Gasteiger partial charge on any atom is 0.215 e. The number of hydrogen-bond donors (Lipinski definition) is 2. The lowest BCUT2D eigenvalue weighted by Crippen LogP contribution is -2.42. The van der Waals surface area contributed by atoms with Crippen LogP contribution in [0.3, 0.4) is 0 Å². The maximum absolute atomic E-state index is 12.3. The van der Waals surface area contributed by atoms with Crippen LogP contribution in [0.5, 0.6) is 5.75 Å². The van der Waals surface area contributed by atoms with Crippen LogP contribution in [0.2, 0.25) is 0 Å². The summed E-state index contributed by atoms with van der Waals surface area (Å²) in [6.07, 6.45) is 3.41. The Hall–Kier alpha value is -1.11. The van der Waals surface area contributed by atoms with Gasteiger partial charge in [0.15, 0.2) is 0 Å². The van der Waals surface area contributed by atoms with E-state index in [9.17, 15) is 13.5 Å². The van der Waals surface area contributed by atoms with Crippen molar-refractivity contribution in [2.24, 2.45) is 5.92 Å². The molecule has 5 nitrogen and oxygen atoms in total. The van der Waals surface area contributed by atoms with Crippen molar-refractivity contribution < 1.29 is 18.3 Å². The Balaban J connectivity index is 1.62. The minimum absolute atomic E-state index is 0.170. The molecule has 1 aliphatic heterocycles. The second-order valence-electron chi connectivity index (χ2n) is 6.69. The molecule has 0 bridgehead atoms. The first-order valence-electron chi connectivity index (χ1n) is 7.98. The van der Waals surface area contributed by atoms with Crippen LogP contribution >= 0.6 is 0 Å². The number of rotatable bonds is 5. The molecule has 4 rings (SSSR count). The Morgan fingerprint density at radius 2 is 2.05 bits per heavy atom. The number of ether oxygens (including phenoxy) is 1. The fourth-order valence-electron chi connectivity index (χ4n) is 3.39. The molecule has 1 aromatic rings. The average molecular weight is 323 g/mol. The van der Waals surface area contributed by atoms with Crippen LogP contribution < -0.4 is 9.46 Å². The Morgan fingerprint density at radius 3 is 2.73 bits per heavy atom. The van der Waals surface area contributed by atoms with Gasteiger partial charge in [0.25, 0.3) is 0 Å². The smallest absolute Gasteiger partial charge is 0.215 e. The molecule has 2 N–H and O–H groups in total. The van der Waals surface area contributed by atoms with Gasteiger partial charge in [-0.2, -0.15) is 0 Å². The molecule has 0 radical (unpaired) electrons. The van der Waals surface area contributed by atoms with Gasteiger partial charge in [-0.15, -0.1) is 0 Å². The lowest BCUT2D eigenvalue weighted by Gasteiger charge is -2.38. The van der Waals surface area contributed by atoms with E-state index in [2.05, 4.69) is 10.8 Å². The van der Waals surface area contributed by atoms with Gasteiger partial charge in [-0.1, -0.05) is 12.1 Å². The summed E-state index contributed by atoms with van der Waals surface area (Å²) in [4.78, 5) is 0. The van der Waals surface area contributed by atoms with Crippen molar-refractivity contribution in [3.63, 3.8) is 0 Å². The molecule has 0 spiro atoms. The van der Waals surface area contributed by atoms with Gasteiger partial charge in [-0.25, -0.2) is 13.1 Å². The number of aliphatic hydroxyl groups is 1. The Labute approximate surface area is 130 Å². The van der Waals surface area contributed by atoms with Crippen LogP contribution in [0.15, 0.2) is 18.2 Å². The van der Waals surface area contributed by atoms with E-state index >= 15 is 0 Å². The van der Waals surface area contributed by atoms with Crippen LogP contribution in [-0.2, 0) is 16.4 Å². The van der Waals surface area contributed by atoms with Crippen molar-refractivity contribution >= 4 is 10.0 Å². The van der Waals surface area contributed by atoms with Crippen molar-refractivity contribution in [2.45, 2.75) is 49.5 Å². The highest BCUT2D eigenvalue weighted by Gasteiger charge is 2.42. The topological polar surface area (TPSA) is 75.6 Å². The SMILES string of the molecule is O=S(=O)(N[C@@H](c1ccc2c(c1)CCO2)C1CC(O)C1)C1CC1. The highest BCUT2D eigenvalue weighted by molar-refractivity contribution is 7.90. The van der Waals surface area contributed by atoms with Crippen LogP contribution in [0.1, 0.15) is 42.9 Å². The van der Waals surface area contributed by atoms with Gasteiger partial charge in [-0.3, -0.25) is 0 Å². The van der Waals surface area contributed by atoms with E-state index in [4.69, 9.17) is 4.74 Å². The van der Waals surface area contributed by atoms with E-state index in [0.717, 1.165) is 36.1 Å². The van der Waals surface area contributed by atoms with Crippen LogP contribution in [-0.4, -0.2) is 31.5 Å². The number of benzene rings is 1. The summed E-state index contributed by atoms with van der Waals surface area (Å²) in [5.74, 6) is 1.07. The molecule has 22 heavy (non-hydrogen) atoms. The molecule has 1 atom stereocenters. The van der Waals surface area contributed by atoms with E-state index in [1.54, 1.807) is 0 Å². The third-order valence-electron chi connectivity index (χ3n) is 4.95. The van der Waals surface area contributed by atoms with Gasteiger partial charge in [0, 0.05) is 12.5 Å². The van der Waals surface area contributed by atoms with E-state index in [-0.39, 0.29) is 23.3 Å². The zero-order chi connectivity index (χ0) is 15.3. The van der Waals surface area contributed by atoms with Gasteiger partial charge in [-0.05, 0) is 48.8 Å². The van der Waals surface area contributed by atoms with Gasteiger partial charge in [0.05, 0.1) is 18.0 Å². The first-order chi connectivity index (χ1) is 10.5. The second kappa shape index (κ2) is 5.22. The monoisotopic (exact) mass is 323 g/mol. The third kappa shape index (κ3) is 2.64. The standard InChI is InChI=1S/C16H21NO4S/c18-13-8-12(9-13)16(17-22(19,20)14-2-3-14)11-1-4-15-10(7-11)5-6-21-15/h1,4,7,12-14,16-18H,2-3,5-6,8-9H2/t12?,13?,16-/m0/s1. The van der Waals surface area contributed by atoms with Gasteiger partial charge < -0.3 is 9.84 Å². The van der Waals surface area contributed by atoms with E-state index in [1.165, 1.54) is 0 Å². The zero-order valence-corrected chi connectivity index (χ0v) is 13.2. The van der Waals surface area contributed by atoms with Gasteiger partial charge in [0.1, 0.15) is 5.75 Å². The van der Waals surface area contributed by atoms with Crippen LogP contribution in [0, 0.1) is 5.92 Å². The number of aliphatic hydroxyl groups excluding tert-OH is 1. The fourth-order valence-corrected chi connectivity index (χ4v) is 5.02. The second-order valence-corrected chi connectivity index (χ2v) is 8.68. The summed E-state index contributed by atoms with van der Waals surface area (Å²) in [5, 5.41) is 9.37. The van der Waals surface area contributed by atoms with Crippen molar-refractivity contribution in [3.05, 3.63) is 29.3 Å². The molecule has 0 aromatic heterocycles. The molecule has 0 unspecified atom stereocenters. The largest absolute Gasteiger partial charge is 0.493 e. The fraction of sp³-hybridized carbons (Fsp3) is 0.625. The normalized spacial score (nSPS) is 28.6. The Morgan fingerprint density at radius 1 is 1.27 bits per heavy atom. The van der Waals surface area contributed by atoms with Gasteiger partial charge in [0.2, 0.25) is 10.0 Å². The maximum atomic E-state index is 12.3. The highest BCUT2D eigenvalue weighted by Crippen LogP contribution is 2.41. The summed E-state index contributed by atoms with van der Waals surface area (Å²) in [6, 6.07) is 5.72. The molecule has 1 heterocycles. The van der Waals surface area contributed by atoms with E-state index < -0.39 is 10.0 Å². The molecule has 1 aromatic carbocycles. The molecule has 6 heteroatoms. The molecule has 120 valence electrons. The Kier molecular flexibility index (Phi) is 3.43. The summed E-state index contributed by atoms with van der Waals surface area (Å²) >= 11 is 0. The summed E-state index contributed by atoms with van der Waals surface area (Å²) < 4.78 is 33.1. The van der Waals surface area contributed by atoms with Crippen molar-refractivity contribution in [1.82, 2.24) is 4.72 Å². The lowest BCUT2D eigenvalue weighted by atomic mass is 9.75. The summed E-state index contributed by atoms with van der Waals surface area (Å²) in [5.41, 5.74) is 2.14. The average Bonchev–Trinajstić information content (AvgIpc) is 3.21. The third-order valence-corrected chi connectivity index (χ3v) is 6.88. The lowest BCUT2D eigenvalue weighted by molar-refractivity contribution is 0.0280. The number of sulfonamides is 1. The molecular formula is C16H21NO4S. The molecule has 2 saturated carbocycles. The summed E-state index contributed by atoms with van der Waals surface area (Å²) in [6.45, 7) is 0.694. The van der Waals surface area contributed by atoms with Crippen molar-refractivity contribution in [2.75, 3.05) is 6.61 Å². The van der Waals surface area contributed by atoms with Crippen molar-refractivity contribution in [3.8, 4) is 5.75 Å². The minimum atomic E-state index is -3.25. The first kappa shape index (κ1) is 14.5. The van der Waals surface area contributed by atoms with E-state index in [0.29, 0.717) is 19.4 Å². The Bertz CT molecular complexity index is 677. The summed E-state index contributed by atoms with van der Waals surface area (Å²) in [7, 11) is -3.25. The minimum Gasteiger partial charge on any atom is -0.493 e. The van der Waals surface area contributed by atoms with Gasteiger partial charge >= 0.3 is 0 Å². The van der Waals surface area contributed by atoms with Crippen LogP contribution in [0.4, 0.5) is 0 Å². The zero-order valence-electron chi connectivity index (χ0n) is 12.4. The molecule has 2 fully saturated rings. The molecule has 0 amide bonds.